The summed E-state index contributed by atoms with van der Waals surface area (Å²) in [5.74, 6) is 0. The maximum absolute atomic E-state index is 13.0. The third kappa shape index (κ3) is 5.95. The molecule has 1 aromatic carbocycles. The van der Waals surface area contributed by atoms with Gasteiger partial charge in [-0.05, 0) is 50.3 Å². The summed E-state index contributed by atoms with van der Waals surface area (Å²) in [6.07, 6.45) is 7.32. The van der Waals surface area contributed by atoms with E-state index in [2.05, 4.69) is 5.32 Å². The van der Waals surface area contributed by atoms with Crippen molar-refractivity contribution in [2.24, 2.45) is 0 Å². The predicted molar refractivity (Wildman–Crippen MR) is 117 cm³/mol. The molecule has 0 bridgehead atoms. The van der Waals surface area contributed by atoms with Gasteiger partial charge >= 0.3 is 6.03 Å². The van der Waals surface area contributed by atoms with Gasteiger partial charge in [-0.1, -0.05) is 31.4 Å². The SMILES string of the molecule is Cc1ccc(C)c(S(=O)(=O)N2CCN(C(=O)NCCCOC3CCCCC3)CC2)c1. The first-order valence-electron chi connectivity index (χ1n) is 11.1. The molecule has 1 aliphatic carbocycles. The van der Waals surface area contributed by atoms with Gasteiger partial charge in [0.25, 0.3) is 0 Å². The van der Waals surface area contributed by atoms with Gasteiger partial charge < -0.3 is 15.0 Å². The largest absolute Gasteiger partial charge is 0.378 e. The Hall–Kier alpha value is -1.64. The molecule has 2 amide bonds. The fourth-order valence-corrected chi connectivity index (χ4v) is 5.85. The smallest absolute Gasteiger partial charge is 0.317 e. The van der Waals surface area contributed by atoms with Crippen LogP contribution < -0.4 is 5.32 Å². The number of benzene rings is 1. The van der Waals surface area contributed by atoms with Crippen LogP contribution in [0.15, 0.2) is 23.1 Å². The molecule has 0 radical (unpaired) electrons. The van der Waals surface area contributed by atoms with Crippen molar-refractivity contribution in [2.45, 2.75) is 63.4 Å². The minimum atomic E-state index is -3.54. The summed E-state index contributed by atoms with van der Waals surface area (Å²) in [6, 6.07) is 5.34. The molecule has 1 heterocycles. The lowest BCUT2D eigenvalue weighted by Gasteiger charge is -2.34. The number of hydrogen-bond acceptors (Lipinski definition) is 4. The van der Waals surface area contributed by atoms with E-state index in [0.717, 1.165) is 30.4 Å². The van der Waals surface area contributed by atoms with Crippen molar-refractivity contribution in [3.63, 3.8) is 0 Å². The number of piperazine rings is 1. The third-order valence-corrected chi connectivity index (χ3v) is 8.03. The molecular formula is C22H35N3O4S. The summed E-state index contributed by atoms with van der Waals surface area (Å²) in [5.41, 5.74) is 1.67. The normalized spacial score (nSPS) is 19.1. The quantitative estimate of drug-likeness (QED) is 0.665. The molecule has 1 aromatic rings. The van der Waals surface area contributed by atoms with Crippen LogP contribution >= 0.6 is 0 Å². The van der Waals surface area contributed by atoms with Gasteiger partial charge in [0, 0.05) is 39.3 Å². The third-order valence-electron chi connectivity index (χ3n) is 5.99. The van der Waals surface area contributed by atoms with Crippen LogP contribution in [0.3, 0.4) is 0 Å². The predicted octanol–water partition coefficient (Wildman–Crippen LogP) is 3.06. The molecule has 30 heavy (non-hydrogen) atoms. The van der Waals surface area contributed by atoms with Crippen molar-refractivity contribution >= 4 is 16.1 Å². The minimum Gasteiger partial charge on any atom is -0.378 e. The minimum absolute atomic E-state index is 0.128. The van der Waals surface area contributed by atoms with Crippen molar-refractivity contribution in [1.82, 2.24) is 14.5 Å². The highest BCUT2D eigenvalue weighted by Gasteiger charge is 2.31. The fourth-order valence-electron chi connectivity index (χ4n) is 4.12. The van der Waals surface area contributed by atoms with Crippen LogP contribution in [0.1, 0.15) is 49.7 Å². The number of nitrogens with zero attached hydrogens (tertiary/aromatic N) is 2. The van der Waals surface area contributed by atoms with Crippen molar-refractivity contribution in [2.75, 3.05) is 39.3 Å². The second-order valence-electron chi connectivity index (χ2n) is 8.38. The summed E-state index contributed by atoms with van der Waals surface area (Å²) in [4.78, 5) is 14.4. The molecular weight excluding hydrogens is 402 g/mol. The Kier molecular flexibility index (Phi) is 8.13. The first kappa shape index (κ1) is 23.0. The van der Waals surface area contributed by atoms with Crippen LogP contribution in [0, 0.1) is 13.8 Å². The molecule has 8 heteroatoms. The first-order valence-corrected chi connectivity index (χ1v) is 12.5. The van der Waals surface area contributed by atoms with Gasteiger partial charge in [-0.3, -0.25) is 0 Å². The molecule has 7 nitrogen and oxygen atoms in total. The first-order chi connectivity index (χ1) is 14.4. The van der Waals surface area contributed by atoms with E-state index in [4.69, 9.17) is 4.74 Å². The number of nitrogens with one attached hydrogen (secondary N) is 1. The molecule has 0 unspecified atom stereocenters. The number of sulfonamides is 1. The fraction of sp³-hybridized carbons (Fsp3) is 0.682. The lowest BCUT2D eigenvalue weighted by Crippen LogP contribution is -2.53. The summed E-state index contributed by atoms with van der Waals surface area (Å²) in [5, 5.41) is 2.93. The summed E-state index contributed by atoms with van der Waals surface area (Å²) >= 11 is 0. The van der Waals surface area contributed by atoms with E-state index < -0.39 is 10.0 Å². The van der Waals surface area contributed by atoms with Crippen molar-refractivity contribution in [3.05, 3.63) is 29.3 Å². The number of carbonyl (C=O) groups excluding carboxylic acids is 1. The molecule has 3 rings (SSSR count). The Morgan fingerprint density at radius 3 is 2.50 bits per heavy atom. The topological polar surface area (TPSA) is 79.0 Å². The van der Waals surface area contributed by atoms with E-state index in [9.17, 15) is 13.2 Å². The molecule has 0 aromatic heterocycles. The average molecular weight is 438 g/mol. The van der Waals surface area contributed by atoms with Gasteiger partial charge in [0.2, 0.25) is 10.0 Å². The second-order valence-corrected chi connectivity index (χ2v) is 10.3. The molecule has 1 N–H and O–H groups in total. The van der Waals surface area contributed by atoms with Crippen molar-refractivity contribution in [3.8, 4) is 0 Å². The molecule has 1 saturated carbocycles. The molecule has 2 fully saturated rings. The van der Waals surface area contributed by atoms with E-state index >= 15 is 0 Å². The number of hydrogen-bond donors (Lipinski definition) is 1. The highest BCUT2D eigenvalue weighted by molar-refractivity contribution is 7.89. The number of rotatable bonds is 7. The van der Waals surface area contributed by atoms with Gasteiger partial charge in [0.1, 0.15) is 0 Å². The van der Waals surface area contributed by atoms with Crippen molar-refractivity contribution < 1.29 is 17.9 Å². The second kappa shape index (κ2) is 10.6. The zero-order valence-corrected chi connectivity index (χ0v) is 19.0. The van der Waals surface area contributed by atoms with Crippen LogP contribution in [-0.2, 0) is 14.8 Å². The number of carbonyl (C=O) groups is 1. The summed E-state index contributed by atoms with van der Waals surface area (Å²) in [7, 11) is -3.54. The summed E-state index contributed by atoms with van der Waals surface area (Å²) < 4.78 is 33.4. The number of urea groups is 1. The van der Waals surface area contributed by atoms with E-state index in [-0.39, 0.29) is 6.03 Å². The maximum atomic E-state index is 13.0. The van der Waals surface area contributed by atoms with E-state index in [0.29, 0.717) is 50.3 Å². The van der Waals surface area contributed by atoms with Gasteiger partial charge in [0.05, 0.1) is 11.0 Å². The van der Waals surface area contributed by atoms with Gasteiger partial charge in [-0.25, -0.2) is 13.2 Å². The lowest BCUT2D eigenvalue weighted by atomic mass is 9.98. The lowest BCUT2D eigenvalue weighted by molar-refractivity contribution is 0.0274. The maximum Gasteiger partial charge on any atom is 0.317 e. The highest BCUT2D eigenvalue weighted by atomic mass is 32.2. The molecule has 1 saturated heterocycles. The zero-order valence-electron chi connectivity index (χ0n) is 18.2. The monoisotopic (exact) mass is 437 g/mol. The number of amides is 2. The highest BCUT2D eigenvalue weighted by Crippen LogP contribution is 2.22. The standard InChI is InChI=1S/C22H35N3O4S/c1-18-9-10-19(2)21(17-18)30(27,28)25-14-12-24(13-15-25)22(26)23-11-6-16-29-20-7-4-3-5-8-20/h9-10,17,20H,3-8,11-16H2,1-2H3,(H,23,26). The molecule has 168 valence electrons. The Balaban J connectivity index is 1.40. The number of aryl methyl sites for hydroxylation is 2. The van der Waals surface area contributed by atoms with Gasteiger partial charge in [-0.2, -0.15) is 4.31 Å². The van der Waals surface area contributed by atoms with E-state index in [1.54, 1.807) is 11.0 Å². The summed E-state index contributed by atoms with van der Waals surface area (Å²) in [6.45, 7) is 6.37. The van der Waals surface area contributed by atoms with E-state index in [1.165, 1.54) is 23.6 Å². The van der Waals surface area contributed by atoms with Crippen LogP contribution in [0.5, 0.6) is 0 Å². The number of ether oxygens (including phenoxy) is 1. The Morgan fingerprint density at radius 1 is 1.10 bits per heavy atom. The molecule has 0 atom stereocenters. The zero-order chi connectivity index (χ0) is 21.6. The average Bonchev–Trinajstić information content (AvgIpc) is 2.76. The Morgan fingerprint density at radius 2 is 1.80 bits per heavy atom. The van der Waals surface area contributed by atoms with Crippen LogP contribution in [0.2, 0.25) is 0 Å². The van der Waals surface area contributed by atoms with E-state index in [1.807, 2.05) is 26.0 Å². The van der Waals surface area contributed by atoms with Crippen LogP contribution in [-0.4, -0.2) is 69.1 Å². The van der Waals surface area contributed by atoms with Crippen LogP contribution in [0.4, 0.5) is 4.79 Å². The molecule has 2 aliphatic rings. The molecule has 1 aliphatic heterocycles. The molecule has 0 spiro atoms. The Labute approximate surface area is 180 Å². The van der Waals surface area contributed by atoms with Crippen molar-refractivity contribution in [1.29, 1.82) is 0 Å². The van der Waals surface area contributed by atoms with Gasteiger partial charge in [-0.15, -0.1) is 0 Å². The van der Waals surface area contributed by atoms with Gasteiger partial charge in [0.15, 0.2) is 0 Å². The Bertz CT molecular complexity index is 814. The van der Waals surface area contributed by atoms with Crippen LogP contribution in [0.25, 0.3) is 0 Å².